The molecule has 2 fully saturated rings. The molecule has 0 bridgehead atoms. The molecule has 0 saturated heterocycles. The second-order valence-electron chi connectivity index (χ2n) is 8.27. The van der Waals surface area contributed by atoms with Crippen molar-refractivity contribution in [1.29, 1.82) is 0 Å². The number of rotatable bonds is 4. The van der Waals surface area contributed by atoms with E-state index in [1.165, 1.54) is 22.1 Å². The van der Waals surface area contributed by atoms with Gasteiger partial charge in [-0.15, -0.1) is 0 Å². The fourth-order valence-electron chi connectivity index (χ4n) is 3.91. The van der Waals surface area contributed by atoms with Crippen molar-refractivity contribution in [3.63, 3.8) is 0 Å². The van der Waals surface area contributed by atoms with E-state index >= 15 is 0 Å². The van der Waals surface area contributed by atoms with E-state index < -0.39 is 5.54 Å². The number of aromatic nitrogens is 2. The van der Waals surface area contributed by atoms with E-state index in [4.69, 9.17) is 0 Å². The summed E-state index contributed by atoms with van der Waals surface area (Å²) in [4.78, 5) is 39.6. The zero-order valence-corrected chi connectivity index (χ0v) is 16.0. The van der Waals surface area contributed by atoms with Crippen LogP contribution in [0.15, 0.2) is 6.07 Å². The molecular weight excluding hydrogens is 346 g/mol. The summed E-state index contributed by atoms with van der Waals surface area (Å²) in [5.41, 5.74) is -0.449. The summed E-state index contributed by atoms with van der Waals surface area (Å²) in [6, 6.07) is 1.92. The summed E-state index contributed by atoms with van der Waals surface area (Å²) in [7, 11) is 1.64. The Bertz CT molecular complexity index is 778. The molecule has 1 atom stereocenters. The second kappa shape index (κ2) is 6.65. The van der Waals surface area contributed by atoms with E-state index in [-0.39, 0.29) is 42.0 Å². The Labute approximate surface area is 158 Å². The first-order valence-corrected chi connectivity index (χ1v) is 9.86. The molecule has 2 aliphatic carbocycles. The molecule has 3 amide bonds. The minimum absolute atomic E-state index is 0.157. The number of hydrogen-bond donors (Lipinski definition) is 2. The topological polar surface area (TPSA) is 96.3 Å². The molecule has 2 heterocycles. The van der Waals surface area contributed by atoms with Crippen LogP contribution in [0.3, 0.4) is 0 Å². The highest BCUT2D eigenvalue weighted by atomic mass is 16.2. The van der Waals surface area contributed by atoms with Gasteiger partial charge in [0, 0.05) is 25.2 Å². The van der Waals surface area contributed by atoms with Gasteiger partial charge in [0.05, 0.1) is 6.54 Å². The van der Waals surface area contributed by atoms with E-state index in [0.29, 0.717) is 5.69 Å². The Balaban J connectivity index is 1.53. The van der Waals surface area contributed by atoms with Crippen molar-refractivity contribution >= 4 is 17.7 Å². The van der Waals surface area contributed by atoms with E-state index in [0.717, 1.165) is 38.5 Å². The zero-order chi connectivity index (χ0) is 19.2. The van der Waals surface area contributed by atoms with Gasteiger partial charge in [0.15, 0.2) is 5.69 Å². The fraction of sp³-hybridized carbons (Fsp3) is 0.684. The number of likely N-dealkylation sites (N-methyl/N-ethyl adjacent to an activating group) is 1. The van der Waals surface area contributed by atoms with Crippen LogP contribution in [0.1, 0.15) is 72.8 Å². The molecule has 146 valence electrons. The molecule has 0 unspecified atom stereocenters. The summed E-state index contributed by atoms with van der Waals surface area (Å²) in [5.74, 6) is -0.709. The molecule has 8 nitrogen and oxygen atoms in total. The number of fused-ring (bicyclic) bond motifs is 1. The lowest BCUT2D eigenvalue weighted by molar-refractivity contribution is -0.133. The summed E-state index contributed by atoms with van der Waals surface area (Å²) < 4.78 is 1.50. The molecule has 1 aliphatic heterocycles. The van der Waals surface area contributed by atoms with Gasteiger partial charge in [-0.25, -0.2) is 0 Å². The van der Waals surface area contributed by atoms with Gasteiger partial charge in [-0.05, 0) is 32.6 Å². The number of hydrogen-bond acceptors (Lipinski definition) is 4. The number of nitrogens with zero attached hydrogens (tertiary/aromatic N) is 3. The third-order valence-electron chi connectivity index (χ3n) is 6.08. The molecule has 4 rings (SSSR count). The second-order valence-corrected chi connectivity index (χ2v) is 8.27. The maximum Gasteiger partial charge on any atom is 0.272 e. The van der Waals surface area contributed by atoms with Crippen LogP contribution in [0.5, 0.6) is 0 Å². The van der Waals surface area contributed by atoms with E-state index in [1.54, 1.807) is 14.0 Å². The molecular formula is C19H27N5O3. The average molecular weight is 373 g/mol. The van der Waals surface area contributed by atoms with Crippen LogP contribution in [0.25, 0.3) is 0 Å². The van der Waals surface area contributed by atoms with Gasteiger partial charge in [0.2, 0.25) is 5.91 Å². The first-order valence-electron chi connectivity index (χ1n) is 9.86. The predicted molar refractivity (Wildman–Crippen MR) is 98.2 cm³/mol. The average Bonchev–Trinajstić information content (AvgIpc) is 3.36. The minimum Gasteiger partial charge on any atom is -0.351 e. The van der Waals surface area contributed by atoms with Crippen LogP contribution >= 0.6 is 0 Å². The van der Waals surface area contributed by atoms with Crippen molar-refractivity contribution < 1.29 is 14.4 Å². The monoisotopic (exact) mass is 373 g/mol. The third kappa shape index (κ3) is 3.33. The lowest BCUT2D eigenvalue weighted by Crippen LogP contribution is -2.63. The molecule has 3 aliphatic rings. The minimum atomic E-state index is -1.03. The lowest BCUT2D eigenvalue weighted by Gasteiger charge is -2.41. The lowest BCUT2D eigenvalue weighted by atomic mass is 9.92. The van der Waals surface area contributed by atoms with Crippen LogP contribution in [0.2, 0.25) is 0 Å². The maximum atomic E-state index is 13.0. The quantitative estimate of drug-likeness (QED) is 0.825. The molecule has 0 spiro atoms. The summed E-state index contributed by atoms with van der Waals surface area (Å²) in [6.07, 6.45) is 7.40. The van der Waals surface area contributed by atoms with E-state index in [9.17, 15) is 14.4 Å². The molecule has 8 heteroatoms. The van der Waals surface area contributed by atoms with E-state index in [2.05, 4.69) is 15.7 Å². The van der Waals surface area contributed by atoms with Gasteiger partial charge >= 0.3 is 0 Å². The molecule has 0 aromatic carbocycles. The molecule has 1 aromatic rings. The normalized spacial score (nSPS) is 25.9. The number of carbonyl (C=O) groups is 3. The highest BCUT2D eigenvalue weighted by Crippen LogP contribution is 2.27. The van der Waals surface area contributed by atoms with Gasteiger partial charge < -0.3 is 15.5 Å². The number of carbonyl (C=O) groups excluding carboxylic acids is 3. The zero-order valence-electron chi connectivity index (χ0n) is 16.0. The summed E-state index contributed by atoms with van der Waals surface area (Å²) >= 11 is 0. The van der Waals surface area contributed by atoms with Crippen molar-refractivity contribution in [2.75, 3.05) is 7.05 Å². The Morgan fingerprint density at radius 1 is 1.11 bits per heavy atom. The third-order valence-corrected chi connectivity index (χ3v) is 6.08. The van der Waals surface area contributed by atoms with Gasteiger partial charge in [-0.3, -0.25) is 19.1 Å². The van der Waals surface area contributed by atoms with Gasteiger partial charge in [0.1, 0.15) is 11.2 Å². The maximum absolute atomic E-state index is 13.0. The smallest absolute Gasteiger partial charge is 0.272 e. The van der Waals surface area contributed by atoms with Crippen LogP contribution in [-0.2, 0) is 11.3 Å². The van der Waals surface area contributed by atoms with Crippen molar-refractivity contribution in [3.05, 3.63) is 17.5 Å². The highest BCUT2D eigenvalue weighted by molar-refractivity contribution is 6.01. The highest BCUT2D eigenvalue weighted by Gasteiger charge is 2.46. The van der Waals surface area contributed by atoms with Gasteiger partial charge in [0.25, 0.3) is 11.8 Å². The molecule has 27 heavy (non-hydrogen) atoms. The van der Waals surface area contributed by atoms with E-state index in [1.807, 2.05) is 0 Å². The Hall–Kier alpha value is -2.38. The number of amides is 3. The fourth-order valence-corrected chi connectivity index (χ4v) is 3.91. The van der Waals surface area contributed by atoms with Crippen LogP contribution in [0, 0.1) is 0 Å². The largest absolute Gasteiger partial charge is 0.351 e. The Morgan fingerprint density at radius 2 is 1.78 bits per heavy atom. The van der Waals surface area contributed by atoms with Crippen LogP contribution in [-0.4, -0.2) is 57.1 Å². The molecule has 0 radical (unpaired) electrons. The van der Waals surface area contributed by atoms with Crippen LogP contribution in [0.4, 0.5) is 0 Å². The van der Waals surface area contributed by atoms with Crippen molar-refractivity contribution in [2.24, 2.45) is 0 Å². The van der Waals surface area contributed by atoms with Crippen molar-refractivity contribution in [1.82, 2.24) is 25.3 Å². The molecule has 2 N–H and O–H groups in total. The Kier molecular flexibility index (Phi) is 4.44. The van der Waals surface area contributed by atoms with Gasteiger partial charge in [-0.2, -0.15) is 5.10 Å². The summed E-state index contributed by atoms with van der Waals surface area (Å²) in [5, 5.41) is 10.3. The first kappa shape index (κ1) is 18.0. The summed E-state index contributed by atoms with van der Waals surface area (Å²) in [6.45, 7) is 2.00. The first-order chi connectivity index (χ1) is 12.9. The van der Waals surface area contributed by atoms with Crippen LogP contribution < -0.4 is 10.6 Å². The van der Waals surface area contributed by atoms with Crippen molar-refractivity contribution in [2.45, 2.75) is 76.0 Å². The van der Waals surface area contributed by atoms with Crippen molar-refractivity contribution in [3.8, 4) is 0 Å². The van der Waals surface area contributed by atoms with Gasteiger partial charge in [-0.1, -0.05) is 19.3 Å². The molecule has 1 aromatic heterocycles. The Morgan fingerprint density at radius 3 is 2.44 bits per heavy atom. The predicted octanol–water partition coefficient (Wildman–Crippen LogP) is 1.07. The number of nitrogens with one attached hydrogen (secondary N) is 2. The standard InChI is InChI=1S/C19H27N5O3/c1-19(18(27)21-12-6-4-3-5-7-12)11-24-15(17(26)23(19)2)10-14(22-24)16(25)20-13-8-9-13/h10,12-13H,3-9,11H2,1-2H3,(H,20,25)(H,21,27)/t19-/m0/s1. The molecule has 2 saturated carbocycles. The SMILES string of the molecule is CN1C(=O)c2cc(C(=O)NC3CC3)nn2C[C@@]1(C)C(=O)NC1CCCCC1.